The first-order valence-corrected chi connectivity index (χ1v) is 10.2. The molecule has 1 aliphatic rings. The Kier molecular flexibility index (Phi) is 8.44. The lowest BCUT2D eigenvalue weighted by molar-refractivity contribution is 0.373. The van der Waals surface area contributed by atoms with Crippen molar-refractivity contribution < 1.29 is 0 Å². The van der Waals surface area contributed by atoms with E-state index < -0.39 is 0 Å². The van der Waals surface area contributed by atoms with Gasteiger partial charge < -0.3 is 15.1 Å². The van der Waals surface area contributed by atoms with Gasteiger partial charge in [-0.15, -0.1) is 46.7 Å². The molecule has 3 rings (SSSR count). The van der Waals surface area contributed by atoms with Crippen molar-refractivity contribution in [3.05, 3.63) is 33.6 Å². The number of piperazine rings is 1. The van der Waals surface area contributed by atoms with Crippen LogP contribution in [0.15, 0.2) is 27.9 Å². The molecule has 0 unspecified atom stereocenters. The van der Waals surface area contributed by atoms with Crippen LogP contribution in [-0.4, -0.2) is 55.6 Å². The van der Waals surface area contributed by atoms with Crippen LogP contribution in [0.5, 0.6) is 0 Å². The van der Waals surface area contributed by atoms with Crippen LogP contribution >= 0.6 is 46.7 Å². The molecule has 8 heteroatoms. The number of thiophene rings is 1. The molecule has 0 atom stereocenters. The number of hydrogen-bond donors (Lipinski definition) is 1. The van der Waals surface area contributed by atoms with Gasteiger partial charge in [-0.3, -0.25) is 4.99 Å². The predicted octanol–water partition coefficient (Wildman–Crippen LogP) is 3.46. The maximum absolute atomic E-state index is 4.52. The Labute approximate surface area is 175 Å². The summed E-state index contributed by atoms with van der Waals surface area (Å²) < 4.78 is 0. The fourth-order valence-corrected chi connectivity index (χ4v) is 4.48. The molecule has 0 aromatic carbocycles. The Balaban J connectivity index is 0.00000225. The molecule has 138 valence electrons. The first kappa shape index (κ1) is 20.4. The van der Waals surface area contributed by atoms with Gasteiger partial charge in [0.2, 0.25) is 0 Å². The highest BCUT2D eigenvalue weighted by molar-refractivity contribution is 14.0. The van der Waals surface area contributed by atoms with E-state index in [1.165, 1.54) is 10.0 Å². The predicted molar refractivity (Wildman–Crippen MR) is 120 cm³/mol. The van der Waals surface area contributed by atoms with Gasteiger partial charge in [0.05, 0.1) is 10.0 Å². The molecule has 0 saturated carbocycles. The SMILES string of the molecule is CN=C(NCCCc1nc(C)cs1)N1CCN(c2cccs2)CC1.I. The van der Waals surface area contributed by atoms with Crippen LogP contribution in [0.2, 0.25) is 0 Å². The number of halogens is 1. The number of thiazole rings is 1. The highest BCUT2D eigenvalue weighted by atomic mass is 127. The van der Waals surface area contributed by atoms with Crippen LogP contribution in [0, 0.1) is 6.92 Å². The molecule has 0 bridgehead atoms. The van der Waals surface area contributed by atoms with Gasteiger partial charge in [0.1, 0.15) is 0 Å². The molecule has 1 aliphatic heterocycles. The van der Waals surface area contributed by atoms with Crippen LogP contribution in [0.1, 0.15) is 17.1 Å². The van der Waals surface area contributed by atoms with E-state index in [0.29, 0.717) is 0 Å². The fraction of sp³-hybridized carbons (Fsp3) is 0.529. The zero-order chi connectivity index (χ0) is 16.8. The van der Waals surface area contributed by atoms with E-state index in [1.54, 1.807) is 11.3 Å². The molecule has 25 heavy (non-hydrogen) atoms. The van der Waals surface area contributed by atoms with E-state index in [0.717, 1.165) is 57.2 Å². The van der Waals surface area contributed by atoms with Gasteiger partial charge in [0.25, 0.3) is 0 Å². The molecule has 0 radical (unpaired) electrons. The number of aliphatic imine (C=N–C) groups is 1. The summed E-state index contributed by atoms with van der Waals surface area (Å²) in [5.74, 6) is 1.02. The number of hydrogen-bond acceptors (Lipinski definition) is 5. The van der Waals surface area contributed by atoms with E-state index in [2.05, 4.69) is 54.9 Å². The smallest absolute Gasteiger partial charge is 0.193 e. The third-order valence-corrected chi connectivity index (χ3v) is 6.08. The van der Waals surface area contributed by atoms with Gasteiger partial charge in [0.15, 0.2) is 5.96 Å². The molecular formula is C17H26IN5S2. The number of guanidine groups is 1. The molecular weight excluding hydrogens is 465 g/mol. The fourth-order valence-electron chi connectivity index (χ4n) is 2.88. The lowest BCUT2D eigenvalue weighted by Gasteiger charge is -2.37. The third-order valence-electron chi connectivity index (χ3n) is 4.13. The monoisotopic (exact) mass is 491 g/mol. The summed E-state index contributed by atoms with van der Waals surface area (Å²) in [4.78, 5) is 13.8. The number of aromatic nitrogens is 1. The van der Waals surface area contributed by atoms with Crippen LogP contribution in [0.4, 0.5) is 5.00 Å². The summed E-state index contributed by atoms with van der Waals surface area (Å²) in [5, 5.41) is 10.4. The number of aryl methyl sites for hydroxylation is 2. The lowest BCUT2D eigenvalue weighted by Crippen LogP contribution is -2.52. The summed E-state index contributed by atoms with van der Waals surface area (Å²) in [6.45, 7) is 7.14. The van der Waals surface area contributed by atoms with Crippen molar-refractivity contribution in [1.82, 2.24) is 15.2 Å². The molecule has 0 spiro atoms. The van der Waals surface area contributed by atoms with Crippen molar-refractivity contribution in [1.29, 1.82) is 0 Å². The summed E-state index contributed by atoms with van der Waals surface area (Å²) in [5.41, 5.74) is 1.13. The molecule has 2 aromatic rings. The summed E-state index contributed by atoms with van der Waals surface area (Å²) in [6.07, 6.45) is 2.12. The first-order valence-electron chi connectivity index (χ1n) is 8.41. The Morgan fingerprint density at radius 3 is 2.68 bits per heavy atom. The molecule has 1 fully saturated rings. The Hall–Kier alpha value is -0.870. The molecule has 1 N–H and O–H groups in total. The second-order valence-electron chi connectivity index (χ2n) is 5.89. The van der Waals surface area contributed by atoms with Gasteiger partial charge in [0, 0.05) is 57.3 Å². The number of nitrogens with one attached hydrogen (secondary N) is 1. The van der Waals surface area contributed by atoms with E-state index >= 15 is 0 Å². The second-order valence-corrected chi connectivity index (χ2v) is 7.75. The molecule has 3 heterocycles. The van der Waals surface area contributed by atoms with Gasteiger partial charge in [-0.05, 0) is 30.9 Å². The highest BCUT2D eigenvalue weighted by Crippen LogP contribution is 2.22. The molecule has 2 aromatic heterocycles. The Bertz CT molecular complexity index is 648. The second kappa shape index (κ2) is 10.3. The van der Waals surface area contributed by atoms with Crippen molar-refractivity contribution in [3.8, 4) is 0 Å². The first-order chi connectivity index (χ1) is 11.8. The van der Waals surface area contributed by atoms with Gasteiger partial charge >= 0.3 is 0 Å². The zero-order valence-electron chi connectivity index (χ0n) is 14.8. The number of nitrogens with zero attached hydrogens (tertiary/aromatic N) is 4. The Morgan fingerprint density at radius 1 is 1.28 bits per heavy atom. The number of rotatable bonds is 5. The number of anilines is 1. The quantitative estimate of drug-likeness (QED) is 0.301. The molecule has 0 amide bonds. The Morgan fingerprint density at radius 2 is 2.08 bits per heavy atom. The average Bonchev–Trinajstić information content (AvgIpc) is 3.27. The maximum Gasteiger partial charge on any atom is 0.193 e. The van der Waals surface area contributed by atoms with Gasteiger partial charge in [-0.1, -0.05) is 0 Å². The standard InChI is InChI=1S/C17H25N5S2.HI/c1-14-13-24-15(20-14)5-3-7-19-17(18-2)22-10-8-21(9-11-22)16-6-4-12-23-16;/h4,6,12-13H,3,5,7-11H2,1-2H3,(H,18,19);1H. The van der Waals surface area contributed by atoms with E-state index in [1.807, 2.05) is 18.4 Å². The third kappa shape index (κ3) is 5.82. The van der Waals surface area contributed by atoms with Crippen molar-refractivity contribution in [2.45, 2.75) is 19.8 Å². The van der Waals surface area contributed by atoms with Crippen LogP contribution in [0.3, 0.4) is 0 Å². The van der Waals surface area contributed by atoms with E-state index in [-0.39, 0.29) is 24.0 Å². The molecule has 5 nitrogen and oxygen atoms in total. The van der Waals surface area contributed by atoms with Crippen molar-refractivity contribution in [3.63, 3.8) is 0 Å². The van der Waals surface area contributed by atoms with Crippen molar-refractivity contribution in [2.75, 3.05) is 44.7 Å². The van der Waals surface area contributed by atoms with Crippen LogP contribution in [0.25, 0.3) is 0 Å². The van der Waals surface area contributed by atoms with E-state index in [9.17, 15) is 0 Å². The van der Waals surface area contributed by atoms with Crippen molar-refractivity contribution >= 4 is 57.6 Å². The largest absolute Gasteiger partial charge is 0.360 e. The van der Waals surface area contributed by atoms with Gasteiger partial charge in [-0.25, -0.2) is 4.98 Å². The van der Waals surface area contributed by atoms with E-state index in [4.69, 9.17) is 0 Å². The summed E-state index contributed by atoms with van der Waals surface area (Å²) in [6, 6.07) is 4.32. The maximum atomic E-state index is 4.52. The molecule has 0 aliphatic carbocycles. The minimum absolute atomic E-state index is 0. The average molecular weight is 491 g/mol. The minimum atomic E-state index is 0. The van der Waals surface area contributed by atoms with Crippen molar-refractivity contribution in [2.24, 2.45) is 4.99 Å². The van der Waals surface area contributed by atoms with Crippen LogP contribution in [-0.2, 0) is 6.42 Å². The van der Waals surface area contributed by atoms with Crippen LogP contribution < -0.4 is 10.2 Å². The summed E-state index contributed by atoms with van der Waals surface area (Å²) >= 11 is 3.57. The summed E-state index contributed by atoms with van der Waals surface area (Å²) in [7, 11) is 1.87. The molecule has 1 saturated heterocycles. The van der Waals surface area contributed by atoms with Gasteiger partial charge in [-0.2, -0.15) is 0 Å². The minimum Gasteiger partial charge on any atom is -0.360 e. The topological polar surface area (TPSA) is 43.8 Å². The zero-order valence-corrected chi connectivity index (χ0v) is 18.7. The normalized spacial score (nSPS) is 15.2. The lowest BCUT2D eigenvalue weighted by atomic mass is 10.3. The highest BCUT2D eigenvalue weighted by Gasteiger charge is 2.20.